The van der Waals surface area contributed by atoms with E-state index in [1.54, 1.807) is 14.2 Å². The smallest absolute Gasteiger partial charge is 0.195 e. The van der Waals surface area contributed by atoms with Crippen LogP contribution in [-0.4, -0.2) is 82.7 Å². The molecular formula is C18H30N4O2. The van der Waals surface area contributed by atoms with E-state index in [-0.39, 0.29) is 0 Å². The summed E-state index contributed by atoms with van der Waals surface area (Å²) in [5, 5.41) is 0. The number of nitrogens with zero attached hydrogens (tertiary/aromatic N) is 4. The zero-order chi connectivity index (χ0) is 17.7. The number of methoxy groups -OCH3 is 2. The summed E-state index contributed by atoms with van der Waals surface area (Å²) in [5.41, 5.74) is 2.68. The van der Waals surface area contributed by atoms with E-state index in [4.69, 9.17) is 14.5 Å². The van der Waals surface area contributed by atoms with Crippen LogP contribution in [0.3, 0.4) is 0 Å². The highest BCUT2D eigenvalue weighted by atomic mass is 16.5. The summed E-state index contributed by atoms with van der Waals surface area (Å²) >= 11 is 0. The van der Waals surface area contributed by atoms with E-state index in [0.29, 0.717) is 0 Å². The topological polar surface area (TPSA) is 40.5 Å². The molecule has 0 unspecified atom stereocenters. The Kier molecular flexibility index (Phi) is 6.31. The quantitative estimate of drug-likeness (QED) is 0.603. The van der Waals surface area contributed by atoms with Gasteiger partial charge in [0.2, 0.25) is 0 Å². The average molecular weight is 334 g/mol. The van der Waals surface area contributed by atoms with Crippen molar-refractivity contribution in [2.45, 2.75) is 13.0 Å². The largest absolute Gasteiger partial charge is 0.493 e. The van der Waals surface area contributed by atoms with Crippen LogP contribution in [0.25, 0.3) is 0 Å². The molecule has 134 valence electrons. The molecule has 24 heavy (non-hydrogen) atoms. The average Bonchev–Trinajstić information content (AvgIpc) is 2.56. The van der Waals surface area contributed by atoms with Gasteiger partial charge in [-0.1, -0.05) is 0 Å². The molecule has 6 nitrogen and oxygen atoms in total. The van der Waals surface area contributed by atoms with Crippen molar-refractivity contribution < 1.29 is 9.47 Å². The van der Waals surface area contributed by atoms with Gasteiger partial charge in [0, 0.05) is 47.8 Å². The predicted molar refractivity (Wildman–Crippen MR) is 98.2 cm³/mol. The third-order valence-corrected chi connectivity index (χ3v) is 4.27. The van der Waals surface area contributed by atoms with Crippen LogP contribution in [0.5, 0.6) is 11.5 Å². The Morgan fingerprint density at radius 3 is 2.17 bits per heavy atom. The van der Waals surface area contributed by atoms with E-state index in [9.17, 15) is 0 Å². The molecule has 1 aromatic rings. The molecule has 1 aliphatic heterocycles. The summed E-state index contributed by atoms with van der Waals surface area (Å²) in [6.45, 7) is 3.75. The van der Waals surface area contributed by atoms with Gasteiger partial charge < -0.3 is 19.3 Å². The standard InChI is InChI=1S/C18H30N4O2/c1-20(2)18(21(3)4)19-8-10-22-9-7-14-11-16(23-5)17(24-6)12-15(14)13-22/h11-12H,7-10,13H2,1-6H3. The Morgan fingerprint density at radius 1 is 1.04 bits per heavy atom. The molecule has 0 bridgehead atoms. The summed E-state index contributed by atoms with van der Waals surface area (Å²) in [7, 11) is 11.5. The second-order valence-electron chi connectivity index (χ2n) is 6.47. The fourth-order valence-electron chi connectivity index (χ4n) is 3.11. The van der Waals surface area contributed by atoms with Gasteiger partial charge in [0.25, 0.3) is 0 Å². The first-order valence-electron chi connectivity index (χ1n) is 8.31. The van der Waals surface area contributed by atoms with Crippen LogP contribution in [0.15, 0.2) is 17.1 Å². The molecule has 1 heterocycles. The molecule has 0 N–H and O–H groups in total. The van der Waals surface area contributed by atoms with E-state index in [1.807, 2.05) is 38.0 Å². The molecule has 6 heteroatoms. The van der Waals surface area contributed by atoms with Crippen LogP contribution in [0.2, 0.25) is 0 Å². The highest BCUT2D eigenvalue weighted by Gasteiger charge is 2.19. The first-order valence-corrected chi connectivity index (χ1v) is 8.31. The fraction of sp³-hybridized carbons (Fsp3) is 0.611. The highest BCUT2D eigenvalue weighted by Crippen LogP contribution is 2.33. The van der Waals surface area contributed by atoms with Crippen LogP contribution in [-0.2, 0) is 13.0 Å². The number of rotatable bonds is 5. The number of hydrogen-bond donors (Lipinski definition) is 0. The van der Waals surface area contributed by atoms with Gasteiger partial charge in [-0.25, -0.2) is 0 Å². The summed E-state index contributed by atoms with van der Waals surface area (Å²) in [4.78, 5) is 11.2. The minimum atomic E-state index is 0.800. The van der Waals surface area contributed by atoms with Crippen LogP contribution in [0.4, 0.5) is 0 Å². The van der Waals surface area contributed by atoms with Gasteiger partial charge in [-0.3, -0.25) is 9.89 Å². The van der Waals surface area contributed by atoms with Crippen LogP contribution in [0, 0.1) is 0 Å². The maximum absolute atomic E-state index is 5.43. The number of aliphatic imine (C=N–C) groups is 1. The molecule has 0 amide bonds. The van der Waals surface area contributed by atoms with E-state index in [1.165, 1.54) is 11.1 Å². The van der Waals surface area contributed by atoms with Crippen molar-refractivity contribution in [1.82, 2.24) is 14.7 Å². The van der Waals surface area contributed by atoms with Gasteiger partial charge in [-0.2, -0.15) is 0 Å². The molecule has 0 aliphatic carbocycles. The molecule has 0 atom stereocenters. The summed E-state index contributed by atoms with van der Waals surface area (Å²) < 4.78 is 10.8. The maximum atomic E-state index is 5.43. The molecule has 0 saturated heterocycles. The van der Waals surface area contributed by atoms with Crippen molar-refractivity contribution in [3.63, 3.8) is 0 Å². The molecule has 0 fully saturated rings. The number of hydrogen-bond acceptors (Lipinski definition) is 4. The van der Waals surface area contributed by atoms with Gasteiger partial charge in [-0.15, -0.1) is 0 Å². The maximum Gasteiger partial charge on any atom is 0.195 e. The Bertz CT molecular complexity index is 575. The summed E-state index contributed by atoms with van der Waals surface area (Å²) in [5.74, 6) is 2.62. The molecule has 2 rings (SSSR count). The lowest BCUT2D eigenvalue weighted by Gasteiger charge is -2.29. The Balaban J connectivity index is 2.01. The SMILES string of the molecule is COc1cc2c(cc1OC)CN(CCN=C(N(C)C)N(C)C)CC2. The van der Waals surface area contributed by atoms with Gasteiger partial charge in [0.1, 0.15) is 0 Å². The van der Waals surface area contributed by atoms with Gasteiger partial charge in [-0.05, 0) is 29.7 Å². The third kappa shape index (κ3) is 4.32. The number of fused-ring (bicyclic) bond motifs is 1. The zero-order valence-corrected chi connectivity index (χ0v) is 15.8. The Labute approximate surface area is 145 Å². The predicted octanol–water partition coefficient (Wildman–Crippen LogP) is 1.54. The lowest BCUT2D eigenvalue weighted by atomic mass is 9.99. The summed E-state index contributed by atoms with van der Waals surface area (Å²) in [6.07, 6.45) is 1.04. The monoisotopic (exact) mass is 334 g/mol. The molecule has 1 aliphatic rings. The molecule has 0 radical (unpaired) electrons. The minimum absolute atomic E-state index is 0.800. The van der Waals surface area contributed by atoms with Crippen LogP contribution in [0.1, 0.15) is 11.1 Å². The van der Waals surface area contributed by atoms with E-state index >= 15 is 0 Å². The van der Waals surface area contributed by atoms with Crippen molar-refractivity contribution in [2.24, 2.45) is 4.99 Å². The second kappa shape index (κ2) is 8.24. The first kappa shape index (κ1) is 18.4. The molecule has 0 aromatic heterocycles. The van der Waals surface area contributed by atoms with Crippen LogP contribution < -0.4 is 9.47 Å². The molecule has 1 aromatic carbocycles. The van der Waals surface area contributed by atoms with Crippen molar-refractivity contribution in [3.05, 3.63) is 23.3 Å². The molecular weight excluding hydrogens is 304 g/mol. The fourth-order valence-corrected chi connectivity index (χ4v) is 3.11. The third-order valence-electron chi connectivity index (χ3n) is 4.27. The van der Waals surface area contributed by atoms with Crippen molar-refractivity contribution >= 4 is 5.96 Å². The van der Waals surface area contributed by atoms with E-state index in [2.05, 4.69) is 17.0 Å². The summed E-state index contributed by atoms with van der Waals surface area (Å²) in [6, 6.07) is 4.22. The lowest BCUT2D eigenvalue weighted by Crippen LogP contribution is -2.37. The number of guanidine groups is 1. The minimum Gasteiger partial charge on any atom is -0.493 e. The second-order valence-corrected chi connectivity index (χ2v) is 6.47. The number of benzene rings is 1. The van der Waals surface area contributed by atoms with Crippen molar-refractivity contribution in [2.75, 3.05) is 62.0 Å². The van der Waals surface area contributed by atoms with Gasteiger partial charge in [0.05, 0.1) is 20.8 Å². The molecule has 0 spiro atoms. The lowest BCUT2D eigenvalue weighted by molar-refractivity contribution is 0.259. The Morgan fingerprint density at radius 2 is 1.62 bits per heavy atom. The van der Waals surface area contributed by atoms with Crippen molar-refractivity contribution in [3.8, 4) is 11.5 Å². The van der Waals surface area contributed by atoms with E-state index in [0.717, 1.165) is 50.1 Å². The van der Waals surface area contributed by atoms with E-state index < -0.39 is 0 Å². The number of ether oxygens (including phenoxy) is 2. The van der Waals surface area contributed by atoms with Gasteiger partial charge >= 0.3 is 0 Å². The highest BCUT2D eigenvalue weighted by molar-refractivity contribution is 5.79. The Hall–Kier alpha value is -1.95. The van der Waals surface area contributed by atoms with Gasteiger partial charge in [0.15, 0.2) is 17.5 Å². The van der Waals surface area contributed by atoms with Crippen LogP contribution >= 0.6 is 0 Å². The zero-order valence-electron chi connectivity index (χ0n) is 15.8. The normalized spacial score (nSPS) is 13.9. The first-order chi connectivity index (χ1) is 11.5. The van der Waals surface area contributed by atoms with Crippen molar-refractivity contribution in [1.29, 1.82) is 0 Å². The molecule has 0 saturated carbocycles.